The predicted molar refractivity (Wildman–Crippen MR) is 48.9 cm³/mol. The molecule has 0 heterocycles. The quantitative estimate of drug-likeness (QED) is 0.476. The lowest BCUT2D eigenvalue weighted by molar-refractivity contribution is -0.131. The molecule has 1 saturated carbocycles. The van der Waals surface area contributed by atoms with E-state index in [4.69, 9.17) is 5.11 Å². The molecule has 0 amide bonds. The van der Waals surface area contributed by atoms with Gasteiger partial charge in [0.25, 0.3) is 0 Å². The monoisotopic (exact) mass is 182 g/mol. The molecule has 1 rings (SSSR count). The summed E-state index contributed by atoms with van der Waals surface area (Å²) in [6.45, 7) is 1.61. The van der Waals surface area contributed by atoms with E-state index in [1.54, 1.807) is 6.92 Å². The van der Waals surface area contributed by atoms with E-state index in [-0.39, 0.29) is 30.5 Å². The molecule has 0 saturated heterocycles. The van der Waals surface area contributed by atoms with E-state index in [1.807, 2.05) is 0 Å². The van der Waals surface area contributed by atoms with Crippen LogP contribution < -0.4 is 0 Å². The van der Waals surface area contributed by atoms with Crippen molar-refractivity contribution < 1.29 is 14.7 Å². The molecule has 3 nitrogen and oxygen atoms in total. The fraction of sp³-hybridized carbons (Fsp3) is 0.600. The first-order valence-electron chi connectivity index (χ1n) is 4.15. The number of Topliss-reactive ketones (excluding diaryl/α,β-unsaturated/α-hetero) is 2. The van der Waals surface area contributed by atoms with Crippen LogP contribution in [0.4, 0.5) is 0 Å². The van der Waals surface area contributed by atoms with Gasteiger partial charge in [0.2, 0.25) is 0 Å². The molecule has 3 heteroatoms. The smallest absolute Gasteiger partial charge is 0.140 e. The van der Waals surface area contributed by atoms with Gasteiger partial charge < -0.3 is 5.11 Å². The molecule has 1 fully saturated rings. The molecule has 0 aromatic heterocycles. The second-order valence-corrected chi connectivity index (χ2v) is 3.00. The van der Waals surface area contributed by atoms with E-state index in [0.29, 0.717) is 12.8 Å². The van der Waals surface area contributed by atoms with Gasteiger partial charge >= 0.3 is 0 Å². The average Bonchev–Trinajstić information content (AvgIpc) is 2.04. The van der Waals surface area contributed by atoms with Crippen molar-refractivity contribution in [2.75, 3.05) is 6.61 Å². The van der Waals surface area contributed by atoms with Crippen molar-refractivity contribution in [3.05, 3.63) is 0 Å². The van der Waals surface area contributed by atoms with Gasteiger partial charge in [0.1, 0.15) is 11.6 Å². The van der Waals surface area contributed by atoms with Gasteiger partial charge in [-0.2, -0.15) is 0 Å². The number of rotatable bonds is 1. The molecule has 72 valence electrons. The van der Waals surface area contributed by atoms with Gasteiger partial charge in [0, 0.05) is 19.4 Å². The maximum Gasteiger partial charge on any atom is 0.140 e. The minimum atomic E-state index is -0.103. The number of hydrogen-bond donors (Lipinski definition) is 1. The molecule has 0 aromatic rings. The van der Waals surface area contributed by atoms with Crippen LogP contribution in [0.3, 0.4) is 0 Å². The second kappa shape index (κ2) is 6.38. The third-order valence-corrected chi connectivity index (χ3v) is 1.69. The highest BCUT2D eigenvalue weighted by molar-refractivity contribution is 6.01. The molecule has 0 atom stereocenters. The second-order valence-electron chi connectivity index (χ2n) is 3.00. The van der Waals surface area contributed by atoms with Crippen LogP contribution in [0, 0.1) is 18.3 Å². The summed E-state index contributed by atoms with van der Waals surface area (Å²) in [5.41, 5.74) is 0. The summed E-state index contributed by atoms with van der Waals surface area (Å²) in [6, 6.07) is 0. The van der Waals surface area contributed by atoms with Crippen LogP contribution in [-0.4, -0.2) is 23.3 Å². The zero-order chi connectivity index (χ0) is 10.3. The molecule has 0 bridgehead atoms. The summed E-state index contributed by atoms with van der Waals surface area (Å²) >= 11 is 0. The van der Waals surface area contributed by atoms with E-state index >= 15 is 0 Å². The number of aliphatic hydroxyl groups excluding tert-OH is 1. The fourth-order valence-corrected chi connectivity index (χ4v) is 1.21. The summed E-state index contributed by atoms with van der Waals surface area (Å²) in [6.07, 6.45) is 5.43. The molecule has 13 heavy (non-hydrogen) atoms. The molecule has 0 spiro atoms. The van der Waals surface area contributed by atoms with E-state index in [2.05, 4.69) is 12.3 Å². The van der Waals surface area contributed by atoms with Gasteiger partial charge in [-0.05, 0) is 12.8 Å². The first-order valence-corrected chi connectivity index (χ1v) is 4.15. The Morgan fingerprint density at radius 2 is 1.85 bits per heavy atom. The topological polar surface area (TPSA) is 54.4 Å². The number of carbonyl (C=O) groups excluding carboxylic acids is 2. The van der Waals surface area contributed by atoms with Crippen molar-refractivity contribution in [1.82, 2.24) is 0 Å². The Morgan fingerprint density at radius 3 is 2.15 bits per heavy atom. The Hall–Kier alpha value is -1.14. The molecule has 1 aliphatic carbocycles. The van der Waals surface area contributed by atoms with Crippen molar-refractivity contribution in [2.24, 2.45) is 5.92 Å². The van der Waals surface area contributed by atoms with Crippen LogP contribution >= 0.6 is 0 Å². The molecule has 1 N–H and O–H groups in total. The van der Waals surface area contributed by atoms with Gasteiger partial charge in [-0.1, -0.05) is 0 Å². The molecule has 1 aliphatic rings. The van der Waals surface area contributed by atoms with Gasteiger partial charge in [-0.25, -0.2) is 0 Å². The third kappa shape index (κ3) is 5.15. The average molecular weight is 182 g/mol. The van der Waals surface area contributed by atoms with Crippen molar-refractivity contribution >= 4 is 11.6 Å². The normalized spacial score (nSPS) is 17.3. The number of terminal acetylenes is 1. The van der Waals surface area contributed by atoms with Gasteiger partial charge in [-0.3, -0.25) is 9.59 Å². The minimum Gasteiger partial charge on any atom is -0.396 e. The molecular formula is C10H14O3. The Morgan fingerprint density at radius 1 is 1.46 bits per heavy atom. The zero-order valence-electron chi connectivity index (χ0n) is 7.75. The van der Waals surface area contributed by atoms with Crippen molar-refractivity contribution in [3.8, 4) is 12.3 Å². The maximum absolute atomic E-state index is 10.7. The van der Waals surface area contributed by atoms with Crippen molar-refractivity contribution in [3.63, 3.8) is 0 Å². The lowest BCUT2D eigenvalue weighted by Gasteiger charge is -2.16. The predicted octanol–water partition coefficient (Wildman–Crippen LogP) is 0.556. The highest BCUT2D eigenvalue weighted by Gasteiger charge is 2.24. The Labute approximate surface area is 78.1 Å². The maximum atomic E-state index is 10.7. The standard InChI is InChI=1S/C7H10O3.C3H4/c8-4-5-1-6(9)3-7(10)2-5;1-3-2/h5,8H,1-4H2;1H,2H3. The van der Waals surface area contributed by atoms with Gasteiger partial charge in [-0.15, -0.1) is 12.3 Å². The lowest BCUT2D eigenvalue weighted by atomic mass is 9.88. The van der Waals surface area contributed by atoms with Crippen LogP contribution in [0.25, 0.3) is 0 Å². The zero-order valence-corrected chi connectivity index (χ0v) is 7.75. The van der Waals surface area contributed by atoms with Crippen LogP contribution in [0.5, 0.6) is 0 Å². The SMILES string of the molecule is C#CC.O=C1CC(=O)CC(CO)C1. The molecular weight excluding hydrogens is 168 g/mol. The Bertz CT molecular complexity index is 209. The Balaban J connectivity index is 0.000000424. The van der Waals surface area contributed by atoms with Crippen LogP contribution in [0.1, 0.15) is 26.2 Å². The molecule has 0 radical (unpaired) electrons. The van der Waals surface area contributed by atoms with Crippen LogP contribution in [-0.2, 0) is 9.59 Å². The number of aliphatic hydroxyl groups is 1. The molecule has 0 aromatic carbocycles. The first kappa shape index (κ1) is 11.9. The van der Waals surface area contributed by atoms with Gasteiger partial charge in [0.05, 0.1) is 6.42 Å². The van der Waals surface area contributed by atoms with E-state index in [0.717, 1.165) is 0 Å². The van der Waals surface area contributed by atoms with E-state index in [9.17, 15) is 9.59 Å². The molecule has 0 aliphatic heterocycles. The van der Waals surface area contributed by atoms with Gasteiger partial charge in [0.15, 0.2) is 0 Å². The summed E-state index contributed by atoms with van der Waals surface area (Å²) < 4.78 is 0. The lowest BCUT2D eigenvalue weighted by Crippen LogP contribution is -2.24. The fourth-order valence-electron chi connectivity index (χ4n) is 1.21. The first-order chi connectivity index (χ1) is 6.13. The van der Waals surface area contributed by atoms with E-state index < -0.39 is 0 Å². The van der Waals surface area contributed by atoms with Crippen molar-refractivity contribution in [2.45, 2.75) is 26.2 Å². The summed E-state index contributed by atoms with van der Waals surface area (Å²) in [4.78, 5) is 21.4. The van der Waals surface area contributed by atoms with Crippen LogP contribution in [0.2, 0.25) is 0 Å². The number of ketones is 2. The largest absolute Gasteiger partial charge is 0.396 e. The molecule has 0 unspecified atom stereocenters. The third-order valence-electron chi connectivity index (χ3n) is 1.69. The minimum absolute atomic E-state index is 0.0321. The number of carbonyl (C=O) groups is 2. The summed E-state index contributed by atoms with van der Waals surface area (Å²) in [7, 11) is 0. The highest BCUT2D eigenvalue weighted by Crippen LogP contribution is 2.17. The Kier molecular flexibility index (Phi) is 5.82. The summed E-state index contributed by atoms with van der Waals surface area (Å²) in [5.74, 6) is 2.08. The summed E-state index contributed by atoms with van der Waals surface area (Å²) in [5, 5.41) is 8.62. The van der Waals surface area contributed by atoms with Crippen LogP contribution in [0.15, 0.2) is 0 Å². The van der Waals surface area contributed by atoms with Crippen molar-refractivity contribution in [1.29, 1.82) is 0 Å². The van der Waals surface area contributed by atoms with E-state index in [1.165, 1.54) is 0 Å². The number of hydrogen-bond acceptors (Lipinski definition) is 3. The highest BCUT2D eigenvalue weighted by atomic mass is 16.3.